The van der Waals surface area contributed by atoms with Gasteiger partial charge in [-0.05, 0) is 24.1 Å². The van der Waals surface area contributed by atoms with Gasteiger partial charge in [-0.2, -0.15) is 0 Å². The minimum Gasteiger partial charge on any atom is -0.497 e. The van der Waals surface area contributed by atoms with Crippen LogP contribution < -0.4 is 9.47 Å². The van der Waals surface area contributed by atoms with Crippen molar-refractivity contribution in [3.8, 4) is 22.6 Å². The molecule has 2 heteroatoms. The summed E-state index contributed by atoms with van der Waals surface area (Å²) in [6.45, 7) is 6.60. The Balaban J connectivity index is 2.27. The summed E-state index contributed by atoms with van der Waals surface area (Å²) in [6, 6.07) is 14.5. The normalized spacial score (nSPS) is 19.3. The number of fused-ring (bicyclic) bond motifs is 1. The summed E-state index contributed by atoms with van der Waals surface area (Å²) in [5, 5.41) is 0. The molecule has 1 aliphatic rings. The van der Waals surface area contributed by atoms with Crippen LogP contribution in [0.15, 0.2) is 42.5 Å². The van der Waals surface area contributed by atoms with Gasteiger partial charge in [0.1, 0.15) is 17.6 Å². The van der Waals surface area contributed by atoms with E-state index in [1.165, 1.54) is 16.7 Å². The van der Waals surface area contributed by atoms with Crippen LogP contribution in [0.4, 0.5) is 0 Å². The van der Waals surface area contributed by atoms with Crippen molar-refractivity contribution in [2.75, 3.05) is 7.11 Å². The molecule has 0 aliphatic carbocycles. The van der Waals surface area contributed by atoms with Crippen LogP contribution in [0.3, 0.4) is 0 Å². The highest BCUT2D eigenvalue weighted by atomic mass is 16.5. The van der Waals surface area contributed by atoms with E-state index in [2.05, 4.69) is 51.1 Å². The van der Waals surface area contributed by atoms with Crippen LogP contribution in [-0.4, -0.2) is 13.2 Å². The summed E-state index contributed by atoms with van der Waals surface area (Å²) in [5.74, 6) is 1.79. The maximum absolute atomic E-state index is 6.05. The predicted octanol–water partition coefficient (Wildman–Crippen LogP) is 4.42. The maximum Gasteiger partial charge on any atom is 0.127 e. The van der Waals surface area contributed by atoms with E-state index in [1.54, 1.807) is 7.11 Å². The zero-order chi connectivity index (χ0) is 14.3. The number of methoxy groups -OCH3 is 1. The fourth-order valence-electron chi connectivity index (χ4n) is 2.85. The van der Waals surface area contributed by atoms with Crippen molar-refractivity contribution in [3.63, 3.8) is 0 Å². The molecule has 1 heterocycles. The second-order valence-electron chi connectivity index (χ2n) is 5.90. The minimum atomic E-state index is -0.00716. The molecule has 1 atom stereocenters. The predicted molar refractivity (Wildman–Crippen MR) is 81.5 cm³/mol. The fourth-order valence-corrected chi connectivity index (χ4v) is 2.85. The third-order valence-electron chi connectivity index (χ3n) is 4.36. The van der Waals surface area contributed by atoms with Crippen molar-refractivity contribution in [3.05, 3.63) is 48.0 Å². The first-order chi connectivity index (χ1) is 9.54. The first-order valence-corrected chi connectivity index (χ1v) is 6.98. The smallest absolute Gasteiger partial charge is 0.127 e. The van der Waals surface area contributed by atoms with Crippen LogP contribution in [-0.2, 0) is 5.41 Å². The molecule has 0 spiro atoms. The topological polar surface area (TPSA) is 18.5 Å². The molecule has 0 saturated heterocycles. The molecular weight excluding hydrogens is 248 g/mol. The van der Waals surface area contributed by atoms with Crippen molar-refractivity contribution in [2.24, 2.45) is 0 Å². The lowest BCUT2D eigenvalue weighted by Crippen LogP contribution is -2.29. The van der Waals surface area contributed by atoms with Crippen molar-refractivity contribution < 1.29 is 9.47 Å². The first kappa shape index (κ1) is 13.0. The van der Waals surface area contributed by atoms with Gasteiger partial charge in [-0.1, -0.05) is 44.2 Å². The van der Waals surface area contributed by atoms with Crippen LogP contribution in [0, 0.1) is 0 Å². The van der Waals surface area contributed by atoms with Gasteiger partial charge in [-0.15, -0.1) is 0 Å². The van der Waals surface area contributed by atoms with Crippen molar-refractivity contribution in [2.45, 2.75) is 32.3 Å². The molecule has 2 nitrogen and oxygen atoms in total. The average Bonchev–Trinajstić information content (AvgIpc) is 2.69. The Morgan fingerprint density at radius 2 is 1.80 bits per heavy atom. The van der Waals surface area contributed by atoms with E-state index in [0.717, 1.165) is 11.5 Å². The second-order valence-corrected chi connectivity index (χ2v) is 5.90. The molecule has 0 aromatic heterocycles. The largest absolute Gasteiger partial charge is 0.497 e. The number of ether oxygens (including phenoxy) is 2. The van der Waals surface area contributed by atoms with E-state index in [0.29, 0.717) is 0 Å². The lowest BCUT2D eigenvalue weighted by molar-refractivity contribution is 0.185. The Hall–Kier alpha value is -1.96. The second kappa shape index (κ2) is 4.55. The molecule has 1 unspecified atom stereocenters. The van der Waals surface area contributed by atoms with Gasteiger partial charge in [0.25, 0.3) is 0 Å². The molecule has 1 aliphatic heterocycles. The average molecular weight is 268 g/mol. The summed E-state index contributed by atoms with van der Waals surface area (Å²) in [6.07, 6.45) is 0.159. The number of hydrogen-bond acceptors (Lipinski definition) is 2. The zero-order valence-corrected chi connectivity index (χ0v) is 12.4. The Labute approximate surface area is 120 Å². The van der Waals surface area contributed by atoms with Gasteiger partial charge in [0, 0.05) is 17.0 Å². The summed E-state index contributed by atoms with van der Waals surface area (Å²) < 4.78 is 11.5. The van der Waals surface area contributed by atoms with E-state index in [-0.39, 0.29) is 11.5 Å². The highest BCUT2D eigenvalue weighted by Gasteiger charge is 2.41. The molecule has 20 heavy (non-hydrogen) atoms. The molecule has 3 rings (SSSR count). The van der Waals surface area contributed by atoms with E-state index < -0.39 is 0 Å². The Morgan fingerprint density at radius 3 is 2.45 bits per heavy atom. The lowest BCUT2D eigenvalue weighted by Gasteiger charge is -2.24. The van der Waals surface area contributed by atoms with Gasteiger partial charge in [0.15, 0.2) is 0 Å². The van der Waals surface area contributed by atoms with Crippen LogP contribution in [0.2, 0.25) is 0 Å². The Kier molecular flexibility index (Phi) is 2.97. The van der Waals surface area contributed by atoms with Crippen molar-refractivity contribution in [1.82, 2.24) is 0 Å². The summed E-state index contributed by atoms with van der Waals surface area (Å²) >= 11 is 0. The summed E-state index contributed by atoms with van der Waals surface area (Å²) in [5.41, 5.74) is 3.67. The highest BCUT2D eigenvalue weighted by Crippen LogP contribution is 2.49. The zero-order valence-electron chi connectivity index (χ0n) is 12.4. The van der Waals surface area contributed by atoms with Crippen LogP contribution >= 0.6 is 0 Å². The summed E-state index contributed by atoms with van der Waals surface area (Å²) in [4.78, 5) is 0. The van der Waals surface area contributed by atoms with Gasteiger partial charge in [-0.3, -0.25) is 0 Å². The maximum atomic E-state index is 6.05. The van der Waals surface area contributed by atoms with E-state index in [4.69, 9.17) is 9.47 Å². The Bertz CT molecular complexity index is 629. The Morgan fingerprint density at radius 1 is 1.10 bits per heavy atom. The van der Waals surface area contributed by atoms with Gasteiger partial charge >= 0.3 is 0 Å². The third-order valence-corrected chi connectivity index (χ3v) is 4.36. The molecular formula is C18H20O2. The van der Waals surface area contributed by atoms with Crippen molar-refractivity contribution >= 4 is 0 Å². The van der Waals surface area contributed by atoms with Crippen LogP contribution in [0.5, 0.6) is 11.5 Å². The molecule has 0 radical (unpaired) electrons. The quantitative estimate of drug-likeness (QED) is 0.802. The minimum absolute atomic E-state index is 0.00716. The monoisotopic (exact) mass is 268 g/mol. The first-order valence-electron chi connectivity index (χ1n) is 6.98. The lowest BCUT2D eigenvalue weighted by atomic mass is 9.78. The number of benzene rings is 2. The molecule has 104 valence electrons. The standard InChI is InChI=1S/C18H20O2/c1-12-18(2,3)17-15(13-8-6-5-7-9-13)10-14(19-4)11-16(17)20-12/h5-12H,1-4H3. The van der Waals surface area contributed by atoms with Crippen molar-refractivity contribution in [1.29, 1.82) is 0 Å². The summed E-state index contributed by atoms with van der Waals surface area (Å²) in [7, 11) is 1.69. The van der Waals surface area contributed by atoms with Crippen LogP contribution in [0.25, 0.3) is 11.1 Å². The molecule has 0 amide bonds. The van der Waals surface area contributed by atoms with Crippen LogP contribution in [0.1, 0.15) is 26.3 Å². The third kappa shape index (κ3) is 1.87. The van der Waals surface area contributed by atoms with E-state index >= 15 is 0 Å². The molecule has 0 fully saturated rings. The molecule has 0 saturated carbocycles. The van der Waals surface area contributed by atoms with Gasteiger partial charge < -0.3 is 9.47 Å². The molecule has 0 bridgehead atoms. The number of rotatable bonds is 2. The number of hydrogen-bond donors (Lipinski definition) is 0. The molecule has 2 aromatic carbocycles. The van der Waals surface area contributed by atoms with Gasteiger partial charge in [0.2, 0.25) is 0 Å². The highest BCUT2D eigenvalue weighted by molar-refractivity contribution is 5.75. The fraction of sp³-hybridized carbons (Fsp3) is 0.333. The van der Waals surface area contributed by atoms with Gasteiger partial charge in [0.05, 0.1) is 7.11 Å². The molecule has 2 aromatic rings. The SMILES string of the molecule is COc1cc2c(c(-c3ccccc3)c1)C(C)(C)C(C)O2. The molecule has 0 N–H and O–H groups in total. The van der Waals surface area contributed by atoms with E-state index in [9.17, 15) is 0 Å². The van der Waals surface area contributed by atoms with Gasteiger partial charge in [-0.25, -0.2) is 0 Å². The van der Waals surface area contributed by atoms with E-state index in [1.807, 2.05) is 12.1 Å².